The summed E-state index contributed by atoms with van der Waals surface area (Å²) in [5.74, 6) is -0.538. The van der Waals surface area contributed by atoms with Crippen LogP contribution in [0.3, 0.4) is 0 Å². The molecule has 0 saturated heterocycles. The molecule has 0 aliphatic heterocycles. The number of hydrogen-bond donors (Lipinski definition) is 0. The summed E-state index contributed by atoms with van der Waals surface area (Å²) in [6, 6.07) is 0. The van der Waals surface area contributed by atoms with Crippen molar-refractivity contribution in [1.29, 1.82) is 0 Å². The molecule has 0 amide bonds. The Morgan fingerprint density at radius 1 is 0.397 bits per heavy atom. The average molecular weight is 801 g/mol. The number of hydrogen-bond acceptors (Lipinski definition) is 5. The molecule has 1 atom stereocenters. The maximum absolute atomic E-state index is 12.7. The first-order valence-corrected chi connectivity index (χ1v) is 23.1. The van der Waals surface area contributed by atoms with Crippen LogP contribution in [0.15, 0.2) is 122 Å². The highest BCUT2D eigenvalue weighted by atomic mass is 16.6. The van der Waals surface area contributed by atoms with Crippen molar-refractivity contribution in [2.45, 2.75) is 181 Å². The second-order valence-corrected chi connectivity index (χ2v) is 14.5. The zero-order valence-corrected chi connectivity index (χ0v) is 37.3. The molecule has 1 unspecified atom stereocenters. The van der Waals surface area contributed by atoms with Crippen LogP contribution in [0, 0.1) is 0 Å². The lowest BCUT2D eigenvalue weighted by atomic mass is 10.1. The lowest BCUT2D eigenvalue weighted by molar-refractivity contribution is -0.162. The van der Waals surface area contributed by atoms with E-state index < -0.39 is 6.10 Å². The number of unbranched alkanes of at least 4 members (excludes halogenated alkanes) is 9. The maximum atomic E-state index is 12.7. The Bertz CT molecular complexity index is 1220. The first kappa shape index (κ1) is 54.3. The highest BCUT2D eigenvalue weighted by Gasteiger charge is 2.17. The molecule has 0 heterocycles. The standard InChI is InChI=1S/C53H84O5/c1-4-7-10-13-16-19-21-23-25-26-27-28-29-30-32-35-37-40-43-46-52(54)57-50-51(58-53(55)47-44-41-38-34-18-15-12-9-6-3)49-56-48-45-42-39-36-33-31-24-22-20-17-14-11-8-5-2/h7-8,10-11,16-17,19-20,23-25,27-28,30-32,36-37,39-40,51H,4-6,9,12-15,18,21-22,26,29,33-35,38,41-50H2,1-3H3/b10-7-,11-8-,19-16-,20-17-,25-23-,28-27-,31-24-,32-30-,39-36-,40-37-. The van der Waals surface area contributed by atoms with E-state index in [1.807, 2.05) is 6.08 Å². The van der Waals surface area contributed by atoms with Crippen LogP contribution in [0.25, 0.3) is 0 Å². The fourth-order valence-corrected chi connectivity index (χ4v) is 5.66. The van der Waals surface area contributed by atoms with Crippen LogP contribution in [-0.4, -0.2) is 37.9 Å². The Morgan fingerprint density at radius 3 is 1.24 bits per heavy atom. The van der Waals surface area contributed by atoms with Crippen molar-refractivity contribution in [2.75, 3.05) is 19.8 Å². The van der Waals surface area contributed by atoms with Gasteiger partial charge in [-0.15, -0.1) is 0 Å². The molecule has 0 aliphatic rings. The molecule has 58 heavy (non-hydrogen) atoms. The molecule has 0 aromatic rings. The summed E-state index contributed by atoms with van der Waals surface area (Å²) >= 11 is 0. The number of ether oxygens (including phenoxy) is 3. The molecule has 0 N–H and O–H groups in total. The largest absolute Gasteiger partial charge is 0.462 e. The van der Waals surface area contributed by atoms with Gasteiger partial charge in [0.2, 0.25) is 0 Å². The van der Waals surface area contributed by atoms with Crippen LogP contribution >= 0.6 is 0 Å². The van der Waals surface area contributed by atoms with Crippen molar-refractivity contribution >= 4 is 11.9 Å². The van der Waals surface area contributed by atoms with Crippen LogP contribution in [0.4, 0.5) is 0 Å². The van der Waals surface area contributed by atoms with E-state index in [4.69, 9.17) is 14.2 Å². The summed E-state index contributed by atoms with van der Waals surface area (Å²) in [4.78, 5) is 25.2. The normalized spacial score (nSPS) is 13.4. The summed E-state index contributed by atoms with van der Waals surface area (Å²) in [6.07, 6.45) is 66.5. The second-order valence-electron chi connectivity index (χ2n) is 14.5. The molecule has 0 fully saturated rings. The smallest absolute Gasteiger partial charge is 0.306 e. The van der Waals surface area contributed by atoms with E-state index in [-0.39, 0.29) is 31.6 Å². The topological polar surface area (TPSA) is 61.8 Å². The highest BCUT2D eigenvalue weighted by Crippen LogP contribution is 2.12. The van der Waals surface area contributed by atoms with E-state index in [0.29, 0.717) is 19.4 Å². The van der Waals surface area contributed by atoms with Gasteiger partial charge >= 0.3 is 11.9 Å². The number of esters is 2. The van der Waals surface area contributed by atoms with Crippen LogP contribution in [-0.2, 0) is 23.8 Å². The lowest BCUT2D eigenvalue weighted by Gasteiger charge is -2.18. The van der Waals surface area contributed by atoms with Crippen LogP contribution in [0.5, 0.6) is 0 Å². The van der Waals surface area contributed by atoms with Gasteiger partial charge in [-0.25, -0.2) is 0 Å². The Morgan fingerprint density at radius 2 is 0.793 bits per heavy atom. The number of allylic oxidation sites excluding steroid dienone is 20. The van der Waals surface area contributed by atoms with Gasteiger partial charge < -0.3 is 14.2 Å². The molecule has 0 bridgehead atoms. The van der Waals surface area contributed by atoms with E-state index in [9.17, 15) is 9.59 Å². The molecule has 0 aromatic heterocycles. The monoisotopic (exact) mass is 801 g/mol. The zero-order chi connectivity index (χ0) is 42.1. The van der Waals surface area contributed by atoms with E-state index >= 15 is 0 Å². The SMILES string of the molecule is CC/C=C\C/C=C\C/C=C\C/C=C\C/C=C\C/C=C\CCC(=O)OCC(COCCC/C=C\C/C=C\C/C=C\C/C=C\CC)OC(=O)CCCCCCCCCCC. The molecule has 0 radical (unpaired) electrons. The van der Waals surface area contributed by atoms with Crippen LogP contribution < -0.4 is 0 Å². The van der Waals surface area contributed by atoms with Gasteiger partial charge in [-0.3, -0.25) is 9.59 Å². The predicted molar refractivity (Wildman–Crippen MR) is 251 cm³/mol. The van der Waals surface area contributed by atoms with E-state index in [1.54, 1.807) is 0 Å². The van der Waals surface area contributed by atoms with Crippen molar-refractivity contribution in [1.82, 2.24) is 0 Å². The van der Waals surface area contributed by atoms with E-state index in [1.165, 1.54) is 38.5 Å². The minimum absolute atomic E-state index is 0.0168. The van der Waals surface area contributed by atoms with Gasteiger partial charge in [-0.05, 0) is 89.9 Å². The number of carbonyl (C=O) groups excluding carboxylic acids is 2. The summed E-state index contributed by atoms with van der Waals surface area (Å²) < 4.78 is 17.1. The molecule has 0 spiro atoms. The molecule has 5 nitrogen and oxygen atoms in total. The molecule has 326 valence electrons. The van der Waals surface area contributed by atoms with Crippen molar-refractivity contribution in [2.24, 2.45) is 0 Å². The van der Waals surface area contributed by atoms with Crippen molar-refractivity contribution in [3.63, 3.8) is 0 Å². The minimum Gasteiger partial charge on any atom is -0.462 e. The van der Waals surface area contributed by atoms with Gasteiger partial charge in [0, 0.05) is 19.4 Å². The Balaban J connectivity index is 4.44. The quantitative estimate of drug-likeness (QED) is 0.0351. The molecular weight excluding hydrogens is 717 g/mol. The third kappa shape index (κ3) is 45.0. The Labute approximate surface area is 356 Å². The molecule has 0 rings (SSSR count). The van der Waals surface area contributed by atoms with Crippen LogP contribution in [0.2, 0.25) is 0 Å². The van der Waals surface area contributed by atoms with Gasteiger partial charge in [-0.1, -0.05) is 194 Å². The summed E-state index contributed by atoms with van der Waals surface area (Å²) in [5.41, 5.74) is 0. The zero-order valence-electron chi connectivity index (χ0n) is 37.3. The lowest BCUT2D eigenvalue weighted by Crippen LogP contribution is -2.30. The Hall–Kier alpha value is -3.70. The molecule has 0 aromatic carbocycles. The molecule has 0 aliphatic carbocycles. The highest BCUT2D eigenvalue weighted by molar-refractivity contribution is 5.70. The predicted octanol–water partition coefficient (Wildman–Crippen LogP) is 15.4. The van der Waals surface area contributed by atoms with E-state index in [2.05, 4.69) is 136 Å². The van der Waals surface area contributed by atoms with Crippen molar-refractivity contribution in [3.8, 4) is 0 Å². The maximum Gasteiger partial charge on any atom is 0.306 e. The summed E-state index contributed by atoms with van der Waals surface area (Å²) in [7, 11) is 0. The van der Waals surface area contributed by atoms with Gasteiger partial charge in [0.25, 0.3) is 0 Å². The summed E-state index contributed by atoms with van der Waals surface area (Å²) in [5, 5.41) is 0. The first-order valence-electron chi connectivity index (χ1n) is 23.1. The van der Waals surface area contributed by atoms with Gasteiger partial charge in [0.1, 0.15) is 6.61 Å². The van der Waals surface area contributed by atoms with Crippen molar-refractivity contribution in [3.05, 3.63) is 122 Å². The van der Waals surface area contributed by atoms with Gasteiger partial charge in [-0.2, -0.15) is 0 Å². The average Bonchev–Trinajstić information content (AvgIpc) is 3.22. The van der Waals surface area contributed by atoms with Crippen LogP contribution in [0.1, 0.15) is 175 Å². The number of rotatable bonds is 40. The molecular formula is C53H84O5. The van der Waals surface area contributed by atoms with E-state index in [0.717, 1.165) is 96.3 Å². The second kappa shape index (κ2) is 47.7. The van der Waals surface area contributed by atoms with Crippen molar-refractivity contribution < 1.29 is 23.8 Å². The fourth-order valence-electron chi connectivity index (χ4n) is 5.66. The molecule has 0 saturated carbocycles. The first-order chi connectivity index (χ1) is 28.6. The minimum atomic E-state index is -0.599. The summed E-state index contributed by atoms with van der Waals surface area (Å²) in [6.45, 7) is 7.33. The van der Waals surface area contributed by atoms with Gasteiger partial charge in [0.05, 0.1) is 6.61 Å². The molecule has 5 heteroatoms. The third-order valence-corrected chi connectivity index (χ3v) is 9.01. The Kier molecular flexibility index (Phi) is 44.6. The fraction of sp³-hybridized carbons (Fsp3) is 0.585. The van der Waals surface area contributed by atoms with Gasteiger partial charge in [0.15, 0.2) is 6.10 Å². The number of carbonyl (C=O) groups is 2. The third-order valence-electron chi connectivity index (χ3n) is 9.01.